The summed E-state index contributed by atoms with van der Waals surface area (Å²) in [4.78, 5) is 37.9. The molecule has 4 rings (SSSR count). The first-order valence-corrected chi connectivity index (χ1v) is 11.9. The molecular weight excluding hydrogens is 579 g/mol. The minimum Gasteiger partial charge on any atom is -0.493 e. The molecule has 0 saturated carbocycles. The van der Waals surface area contributed by atoms with E-state index in [1.807, 2.05) is 37.3 Å². The summed E-state index contributed by atoms with van der Waals surface area (Å²) in [5.41, 5.74) is 2.95. The fraction of sp³-hybridized carbons (Fsp3) is 0.192. The number of carbonyl (C=O) groups is 3. The molecule has 9 nitrogen and oxygen atoms in total. The van der Waals surface area contributed by atoms with Gasteiger partial charge >= 0.3 is 12.0 Å². The highest BCUT2D eigenvalue weighted by Gasteiger charge is 2.34. The Balaban J connectivity index is 1.50. The summed E-state index contributed by atoms with van der Waals surface area (Å²) in [5, 5.41) is 2.58. The van der Waals surface area contributed by atoms with Crippen molar-refractivity contribution in [2.45, 2.75) is 20.1 Å². The molecule has 0 radical (unpaired) electrons. The minimum atomic E-state index is -0.645. The van der Waals surface area contributed by atoms with Crippen LogP contribution in [0.15, 0.2) is 58.6 Å². The maximum Gasteiger partial charge on any atom is 0.373 e. The van der Waals surface area contributed by atoms with Gasteiger partial charge in [0.1, 0.15) is 18.1 Å². The van der Waals surface area contributed by atoms with Crippen LogP contribution in [0.4, 0.5) is 4.79 Å². The summed E-state index contributed by atoms with van der Waals surface area (Å²) < 4.78 is 22.3. The number of nitrogens with zero attached hydrogens (tertiary/aromatic N) is 1. The second-order valence-electron chi connectivity index (χ2n) is 7.95. The third-order valence-electron chi connectivity index (χ3n) is 5.39. The van der Waals surface area contributed by atoms with Gasteiger partial charge in [-0.25, -0.2) is 9.59 Å². The third-order valence-corrected chi connectivity index (χ3v) is 6.19. The first-order valence-electron chi connectivity index (χ1n) is 10.9. The van der Waals surface area contributed by atoms with E-state index < -0.39 is 17.9 Å². The standard InChI is InChI=1S/C26H23IN2O7/c1-15-4-6-16(7-5-15)14-35-23-19(27)10-17(12-22(23)33-2)11-20-24(30)29(26(32)28-20)13-18-8-9-21(36-18)25(31)34-3/h4-12H,13-14H2,1-3H3,(H,28,32)/b20-11-. The van der Waals surface area contributed by atoms with Crippen molar-refractivity contribution in [1.29, 1.82) is 0 Å². The van der Waals surface area contributed by atoms with Crippen LogP contribution in [-0.2, 0) is 22.7 Å². The number of ether oxygens (including phenoxy) is 3. The monoisotopic (exact) mass is 602 g/mol. The molecule has 3 aromatic rings. The summed E-state index contributed by atoms with van der Waals surface area (Å²) in [5.74, 6) is 0.176. The molecule has 0 spiro atoms. The number of rotatable bonds is 8. The molecule has 186 valence electrons. The Labute approximate surface area is 221 Å². The maximum absolute atomic E-state index is 12.9. The van der Waals surface area contributed by atoms with Crippen LogP contribution in [0, 0.1) is 10.5 Å². The van der Waals surface area contributed by atoms with Gasteiger partial charge in [0.25, 0.3) is 5.91 Å². The van der Waals surface area contributed by atoms with Crippen LogP contribution in [0.5, 0.6) is 11.5 Å². The molecule has 1 fully saturated rings. The second-order valence-corrected chi connectivity index (χ2v) is 9.11. The maximum atomic E-state index is 12.9. The Morgan fingerprint density at radius 2 is 1.86 bits per heavy atom. The fourth-order valence-corrected chi connectivity index (χ4v) is 4.29. The number of methoxy groups -OCH3 is 2. The van der Waals surface area contributed by atoms with Gasteiger partial charge in [-0.2, -0.15) is 0 Å². The normalized spacial score (nSPS) is 14.2. The molecule has 0 bridgehead atoms. The first kappa shape index (κ1) is 25.3. The molecular formula is C26H23IN2O7. The Morgan fingerprint density at radius 1 is 1.11 bits per heavy atom. The molecule has 1 N–H and O–H groups in total. The number of aryl methyl sites for hydroxylation is 1. The van der Waals surface area contributed by atoms with Crippen LogP contribution in [0.1, 0.15) is 33.0 Å². The van der Waals surface area contributed by atoms with Crippen molar-refractivity contribution in [3.05, 3.63) is 86.0 Å². The quantitative estimate of drug-likeness (QED) is 0.173. The van der Waals surface area contributed by atoms with Gasteiger partial charge in [0.2, 0.25) is 5.76 Å². The number of nitrogens with one attached hydrogen (secondary N) is 1. The summed E-state index contributed by atoms with van der Waals surface area (Å²) in [6, 6.07) is 14.0. The zero-order chi connectivity index (χ0) is 25.8. The number of carbonyl (C=O) groups excluding carboxylic acids is 3. The number of halogens is 1. The number of hydrogen-bond acceptors (Lipinski definition) is 7. The fourth-order valence-electron chi connectivity index (χ4n) is 3.51. The third kappa shape index (κ3) is 5.54. The van der Waals surface area contributed by atoms with E-state index in [0.29, 0.717) is 23.7 Å². The van der Waals surface area contributed by atoms with Gasteiger partial charge in [0, 0.05) is 0 Å². The van der Waals surface area contributed by atoms with Crippen molar-refractivity contribution < 1.29 is 33.0 Å². The number of benzene rings is 2. The molecule has 1 aliphatic heterocycles. The Hall–Kier alpha value is -3.80. The van der Waals surface area contributed by atoms with Crippen LogP contribution in [0.25, 0.3) is 6.08 Å². The van der Waals surface area contributed by atoms with Gasteiger partial charge in [-0.15, -0.1) is 0 Å². The number of urea groups is 1. The van der Waals surface area contributed by atoms with E-state index in [1.165, 1.54) is 31.9 Å². The van der Waals surface area contributed by atoms with Crippen LogP contribution in [-0.4, -0.2) is 37.0 Å². The summed E-state index contributed by atoms with van der Waals surface area (Å²) in [6.45, 7) is 2.27. The molecule has 0 aliphatic carbocycles. The molecule has 0 unspecified atom stereocenters. The SMILES string of the molecule is COC(=O)c1ccc(CN2C(=O)N/C(=C\c3cc(I)c(OCc4ccc(C)cc4)c(OC)c3)C2=O)o1. The van der Waals surface area contributed by atoms with E-state index >= 15 is 0 Å². The van der Waals surface area contributed by atoms with E-state index in [1.54, 1.807) is 12.1 Å². The van der Waals surface area contributed by atoms with Crippen LogP contribution >= 0.6 is 22.6 Å². The van der Waals surface area contributed by atoms with Crippen molar-refractivity contribution >= 4 is 46.6 Å². The summed E-state index contributed by atoms with van der Waals surface area (Å²) in [7, 11) is 2.77. The van der Waals surface area contributed by atoms with E-state index in [9.17, 15) is 14.4 Å². The zero-order valence-corrected chi connectivity index (χ0v) is 22.0. The summed E-state index contributed by atoms with van der Waals surface area (Å²) >= 11 is 2.14. The largest absolute Gasteiger partial charge is 0.493 e. The van der Waals surface area contributed by atoms with Gasteiger partial charge < -0.3 is 23.9 Å². The lowest BCUT2D eigenvalue weighted by Crippen LogP contribution is -2.30. The lowest BCUT2D eigenvalue weighted by Gasteiger charge is -2.14. The molecule has 0 atom stereocenters. The van der Waals surface area contributed by atoms with E-state index in [2.05, 4.69) is 32.6 Å². The molecule has 1 aromatic heterocycles. The van der Waals surface area contributed by atoms with Crippen LogP contribution in [0.2, 0.25) is 0 Å². The van der Waals surface area contributed by atoms with Gasteiger partial charge in [0.15, 0.2) is 11.5 Å². The van der Waals surface area contributed by atoms with Crippen molar-refractivity contribution in [2.75, 3.05) is 14.2 Å². The number of furan rings is 1. The van der Waals surface area contributed by atoms with Gasteiger partial charge in [0.05, 0.1) is 24.3 Å². The van der Waals surface area contributed by atoms with Crippen molar-refractivity contribution in [3.8, 4) is 11.5 Å². The number of esters is 1. The number of imide groups is 1. The molecule has 2 aromatic carbocycles. The van der Waals surface area contributed by atoms with Crippen LogP contribution < -0.4 is 14.8 Å². The predicted molar refractivity (Wildman–Crippen MR) is 138 cm³/mol. The average molecular weight is 602 g/mol. The van der Waals surface area contributed by atoms with Crippen molar-refractivity contribution in [2.24, 2.45) is 0 Å². The smallest absolute Gasteiger partial charge is 0.373 e. The number of hydrogen-bond donors (Lipinski definition) is 1. The molecule has 10 heteroatoms. The Bertz CT molecular complexity index is 1340. The molecule has 2 heterocycles. The number of amides is 3. The lowest BCUT2D eigenvalue weighted by atomic mass is 10.1. The lowest BCUT2D eigenvalue weighted by molar-refractivity contribution is -0.123. The predicted octanol–water partition coefficient (Wildman–Crippen LogP) is 4.66. The van der Waals surface area contributed by atoms with Crippen molar-refractivity contribution in [1.82, 2.24) is 10.2 Å². The average Bonchev–Trinajstić information content (AvgIpc) is 3.44. The Kier molecular flexibility index (Phi) is 7.63. The first-order chi connectivity index (χ1) is 17.3. The van der Waals surface area contributed by atoms with E-state index in [-0.39, 0.29) is 23.8 Å². The van der Waals surface area contributed by atoms with Gasteiger partial charge in [-0.05, 0) is 71.0 Å². The Morgan fingerprint density at radius 3 is 2.56 bits per heavy atom. The highest BCUT2D eigenvalue weighted by atomic mass is 127. The minimum absolute atomic E-state index is 0.0123. The molecule has 3 amide bonds. The molecule has 36 heavy (non-hydrogen) atoms. The highest BCUT2D eigenvalue weighted by Crippen LogP contribution is 2.35. The second kappa shape index (κ2) is 10.9. The molecule has 1 saturated heterocycles. The van der Waals surface area contributed by atoms with E-state index in [4.69, 9.17) is 13.9 Å². The highest BCUT2D eigenvalue weighted by molar-refractivity contribution is 14.1. The van der Waals surface area contributed by atoms with Crippen molar-refractivity contribution in [3.63, 3.8) is 0 Å². The van der Waals surface area contributed by atoms with Gasteiger partial charge in [-0.3, -0.25) is 9.69 Å². The zero-order valence-electron chi connectivity index (χ0n) is 19.8. The van der Waals surface area contributed by atoms with Crippen LogP contribution in [0.3, 0.4) is 0 Å². The molecule has 1 aliphatic rings. The van der Waals surface area contributed by atoms with E-state index in [0.717, 1.165) is 14.0 Å². The topological polar surface area (TPSA) is 107 Å². The van der Waals surface area contributed by atoms with Gasteiger partial charge in [-0.1, -0.05) is 29.8 Å². The summed E-state index contributed by atoms with van der Waals surface area (Å²) in [6.07, 6.45) is 1.57.